The molecule has 0 atom stereocenters. The van der Waals surface area contributed by atoms with Crippen molar-refractivity contribution < 1.29 is 19.4 Å². The minimum atomic E-state index is -0.772. The van der Waals surface area contributed by atoms with Crippen LogP contribution in [0.1, 0.15) is 81.1 Å². The molecule has 208 valence electrons. The summed E-state index contributed by atoms with van der Waals surface area (Å²) < 4.78 is 4.71. The molecule has 0 bridgehead atoms. The second-order valence-electron chi connectivity index (χ2n) is 9.26. The fourth-order valence-corrected chi connectivity index (χ4v) is 4.99. The molecule has 2 saturated heterocycles. The lowest BCUT2D eigenvalue weighted by Gasteiger charge is -2.45. The Balaban J connectivity index is 0.000000546. The summed E-state index contributed by atoms with van der Waals surface area (Å²) in [7, 11) is 1.45. The maximum Gasteiger partial charge on any atom is 0.409 e. The van der Waals surface area contributed by atoms with Crippen molar-refractivity contribution >= 4 is 12.2 Å². The maximum absolute atomic E-state index is 11.3. The van der Waals surface area contributed by atoms with E-state index in [9.17, 15) is 9.59 Å². The number of amides is 2. The van der Waals surface area contributed by atoms with E-state index in [-0.39, 0.29) is 6.09 Å². The number of carbonyl (C=O) groups excluding carboxylic acids is 1. The average molecular weight is 501 g/mol. The fourth-order valence-electron chi connectivity index (χ4n) is 4.99. The molecular formula is C27H56N4O4. The number of methoxy groups -OCH3 is 1. The molecule has 2 saturated carbocycles. The summed E-state index contributed by atoms with van der Waals surface area (Å²) >= 11 is 0. The van der Waals surface area contributed by atoms with E-state index in [1.165, 1.54) is 37.7 Å². The normalized spacial score (nSPS) is 27.9. The highest BCUT2D eigenvalue weighted by atomic mass is 16.5. The van der Waals surface area contributed by atoms with Gasteiger partial charge in [0.25, 0.3) is 0 Å². The van der Waals surface area contributed by atoms with Crippen molar-refractivity contribution in [2.75, 3.05) is 59.5 Å². The summed E-state index contributed by atoms with van der Waals surface area (Å²) in [4.78, 5) is 30.2. The van der Waals surface area contributed by atoms with Gasteiger partial charge in [0.15, 0.2) is 0 Å². The average Bonchev–Trinajstić information content (AvgIpc) is 2.88. The van der Waals surface area contributed by atoms with Crippen molar-refractivity contribution in [2.24, 2.45) is 11.8 Å². The van der Waals surface area contributed by atoms with Crippen molar-refractivity contribution in [1.29, 1.82) is 0 Å². The van der Waals surface area contributed by atoms with Gasteiger partial charge in [0.05, 0.1) is 7.11 Å². The van der Waals surface area contributed by atoms with Gasteiger partial charge >= 0.3 is 12.2 Å². The first-order chi connectivity index (χ1) is 16.9. The van der Waals surface area contributed by atoms with E-state index in [1.807, 2.05) is 41.5 Å². The summed E-state index contributed by atoms with van der Waals surface area (Å²) in [6, 6.07) is 1.51. The lowest BCUT2D eigenvalue weighted by molar-refractivity contribution is 0.0351. The predicted octanol–water partition coefficient (Wildman–Crippen LogP) is 5.33. The number of carboxylic acid groups (broad SMARTS) is 1. The first-order valence-electron chi connectivity index (χ1n) is 14.2. The third kappa shape index (κ3) is 10.9. The Bertz CT molecular complexity index is 549. The van der Waals surface area contributed by atoms with Gasteiger partial charge in [-0.15, -0.1) is 0 Å². The molecule has 0 spiro atoms. The quantitative estimate of drug-likeness (QED) is 0.552. The molecule has 35 heavy (non-hydrogen) atoms. The Morgan fingerprint density at radius 2 is 0.943 bits per heavy atom. The van der Waals surface area contributed by atoms with Gasteiger partial charge in [0, 0.05) is 64.4 Å². The van der Waals surface area contributed by atoms with Crippen LogP contribution in [0.5, 0.6) is 0 Å². The maximum atomic E-state index is 11.3. The second-order valence-corrected chi connectivity index (χ2v) is 9.26. The molecule has 0 aromatic carbocycles. The van der Waals surface area contributed by atoms with Crippen molar-refractivity contribution in [3.05, 3.63) is 0 Å². The highest BCUT2D eigenvalue weighted by Gasteiger charge is 2.34. The van der Waals surface area contributed by atoms with Crippen LogP contribution in [-0.4, -0.2) is 108 Å². The summed E-state index contributed by atoms with van der Waals surface area (Å²) in [5.41, 5.74) is 0. The third-order valence-corrected chi connectivity index (χ3v) is 7.06. The van der Waals surface area contributed by atoms with Crippen molar-refractivity contribution in [3.63, 3.8) is 0 Å². The molecule has 0 aromatic heterocycles. The van der Waals surface area contributed by atoms with E-state index < -0.39 is 6.09 Å². The van der Waals surface area contributed by atoms with E-state index >= 15 is 0 Å². The predicted molar refractivity (Wildman–Crippen MR) is 145 cm³/mol. The van der Waals surface area contributed by atoms with Crippen LogP contribution in [-0.2, 0) is 4.74 Å². The molecule has 0 aromatic rings. The molecule has 4 rings (SSSR count). The zero-order chi connectivity index (χ0) is 27.0. The van der Waals surface area contributed by atoms with Crippen molar-refractivity contribution in [1.82, 2.24) is 19.6 Å². The lowest BCUT2D eigenvalue weighted by Crippen LogP contribution is -2.54. The van der Waals surface area contributed by atoms with Gasteiger partial charge in [-0.25, -0.2) is 9.59 Å². The highest BCUT2D eigenvalue weighted by Crippen LogP contribution is 2.32. The zero-order valence-electron chi connectivity index (χ0n) is 24.3. The minimum Gasteiger partial charge on any atom is -0.465 e. The van der Waals surface area contributed by atoms with Crippen LogP contribution in [0, 0.1) is 11.8 Å². The Morgan fingerprint density at radius 1 is 0.629 bits per heavy atom. The number of rotatable bonds is 2. The van der Waals surface area contributed by atoms with Crippen LogP contribution in [0.3, 0.4) is 0 Å². The van der Waals surface area contributed by atoms with E-state index in [4.69, 9.17) is 9.84 Å². The largest absolute Gasteiger partial charge is 0.465 e. The van der Waals surface area contributed by atoms with Crippen LogP contribution in [0.15, 0.2) is 0 Å². The molecule has 0 unspecified atom stereocenters. The number of piperazine rings is 2. The Labute approximate surface area is 215 Å². The smallest absolute Gasteiger partial charge is 0.409 e. The number of hydrogen-bond acceptors (Lipinski definition) is 5. The van der Waals surface area contributed by atoms with Gasteiger partial charge in [-0.2, -0.15) is 0 Å². The van der Waals surface area contributed by atoms with Crippen molar-refractivity contribution in [3.8, 4) is 0 Å². The van der Waals surface area contributed by atoms with Gasteiger partial charge in [-0.05, 0) is 37.5 Å². The summed E-state index contributed by atoms with van der Waals surface area (Å²) in [5, 5.41) is 8.78. The highest BCUT2D eigenvalue weighted by molar-refractivity contribution is 5.67. The van der Waals surface area contributed by atoms with E-state index in [0.717, 1.165) is 63.2 Å². The fraction of sp³-hybridized carbons (Fsp3) is 0.926. The molecule has 2 aliphatic heterocycles. The van der Waals surface area contributed by atoms with Crippen LogP contribution >= 0.6 is 0 Å². The lowest BCUT2D eigenvalue weighted by atomic mass is 9.80. The van der Waals surface area contributed by atoms with Crippen LogP contribution in [0.2, 0.25) is 0 Å². The standard InChI is InChI=1S/C11H20N2O2.C10H18N2O2.3C2H6/c1-9-7-10(8-9)12-3-5-13(6-4-12)11(14)15-2;1-8-6-9(7-8)11-2-4-12(5-3-11)10(13)14;3*1-2/h9-10H,3-8H2,1-2H3;8-9H,2-7H2,1H3,(H,13,14);3*1-2H3. The first-order valence-corrected chi connectivity index (χ1v) is 14.2. The van der Waals surface area contributed by atoms with Crippen molar-refractivity contribution in [2.45, 2.75) is 93.2 Å². The number of hydrogen-bond donors (Lipinski definition) is 1. The van der Waals surface area contributed by atoms with Crippen LogP contribution in [0.4, 0.5) is 9.59 Å². The molecule has 8 nitrogen and oxygen atoms in total. The monoisotopic (exact) mass is 500 g/mol. The summed E-state index contributed by atoms with van der Waals surface area (Å²) in [6.45, 7) is 23.4. The molecule has 2 heterocycles. The molecule has 4 aliphatic rings. The Morgan fingerprint density at radius 3 is 1.20 bits per heavy atom. The summed E-state index contributed by atoms with van der Waals surface area (Å²) in [5.74, 6) is 1.77. The van der Waals surface area contributed by atoms with Gasteiger partial charge in [-0.1, -0.05) is 55.4 Å². The zero-order valence-corrected chi connectivity index (χ0v) is 24.3. The minimum absolute atomic E-state index is 0.184. The molecule has 0 radical (unpaired) electrons. The Kier molecular flexibility index (Phi) is 17.9. The second kappa shape index (κ2) is 18.7. The SMILES string of the molecule is CC.CC.CC.CC1CC(N2CCN(C(=O)O)CC2)C1.COC(=O)N1CCN(C2CC(C)C2)CC1. The molecular weight excluding hydrogens is 444 g/mol. The third-order valence-electron chi connectivity index (χ3n) is 7.06. The van der Waals surface area contributed by atoms with Crippen LogP contribution < -0.4 is 0 Å². The number of nitrogens with zero attached hydrogens (tertiary/aromatic N) is 4. The van der Waals surface area contributed by atoms with Gasteiger partial charge in [-0.3, -0.25) is 9.80 Å². The number of carbonyl (C=O) groups is 2. The molecule has 2 aliphatic carbocycles. The summed E-state index contributed by atoms with van der Waals surface area (Å²) in [6.07, 6.45) is 4.31. The Hall–Kier alpha value is -1.54. The van der Waals surface area contributed by atoms with Gasteiger partial charge in [0.1, 0.15) is 0 Å². The molecule has 2 amide bonds. The van der Waals surface area contributed by atoms with Crippen LogP contribution in [0.25, 0.3) is 0 Å². The number of ether oxygens (including phenoxy) is 1. The van der Waals surface area contributed by atoms with Gasteiger partial charge in [0.2, 0.25) is 0 Å². The van der Waals surface area contributed by atoms with E-state index in [2.05, 4.69) is 23.6 Å². The first kappa shape index (κ1) is 33.5. The topological polar surface area (TPSA) is 76.6 Å². The molecule has 4 fully saturated rings. The molecule has 8 heteroatoms. The van der Waals surface area contributed by atoms with Gasteiger partial charge < -0.3 is 19.6 Å². The van der Waals surface area contributed by atoms with E-state index in [1.54, 1.807) is 4.90 Å². The van der Waals surface area contributed by atoms with E-state index in [0.29, 0.717) is 13.1 Å². The molecule has 1 N–H and O–H groups in total.